The number of primary amides is 1. The minimum absolute atomic E-state index is 0.656. The van der Waals surface area contributed by atoms with Gasteiger partial charge in [-0.15, -0.1) is 23.1 Å². The molecule has 0 aromatic carbocycles. The summed E-state index contributed by atoms with van der Waals surface area (Å²) in [5, 5.41) is 5.59. The van der Waals surface area contributed by atoms with Crippen LogP contribution in [0.25, 0.3) is 0 Å². The van der Waals surface area contributed by atoms with Crippen LogP contribution in [-0.4, -0.2) is 18.5 Å². The number of amides is 2. The standard InChI is InChI=1S/C7H9N3OS2/c1-12-6-2-5(4-13-6)3-9-10-7(8)11/h2-4H,1H3,(H3,8,10,11). The molecule has 0 radical (unpaired) electrons. The van der Waals surface area contributed by atoms with Gasteiger partial charge in [-0.3, -0.25) is 0 Å². The first-order valence-corrected chi connectivity index (χ1v) is 5.54. The highest BCUT2D eigenvalue weighted by molar-refractivity contribution is 8.00. The van der Waals surface area contributed by atoms with Gasteiger partial charge in [0.1, 0.15) is 0 Å². The molecule has 1 rings (SSSR count). The highest BCUT2D eigenvalue weighted by Gasteiger charge is 1.94. The maximum atomic E-state index is 10.2. The zero-order valence-corrected chi connectivity index (χ0v) is 8.61. The van der Waals surface area contributed by atoms with Crippen molar-refractivity contribution in [1.82, 2.24) is 5.43 Å². The molecular formula is C7H9N3OS2. The fourth-order valence-corrected chi connectivity index (χ4v) is 2.04. The van der Waals surface area contributed by atoms with Crippen molar-refractivity contribution in [1.29, 1.82) is 0 Å². The van der Waals surface area contributed by atoms with Crippen LogP contribution in [0.1, 0.15) is 5.56 Å². The van der Waals surface area contributed by atoms with E-state index < -0.39 is 6.03 Å². The zero-order chi connectivity index (χ0) is 9.68. The first kappa shape index (κ1) is 10.1. The third-order valence-electron chi connectivity index (χ3n) is 1.19. The lowest BCUT2D eigenvalue weighted by Crippen LogP contribution is -2.24. The molecule has 1 heterocycles. The number of thioether (sulfide) groups is 1. The molecule has 0 atom stereocenters. The molecule has 4 nitrogen and oxygen atoms in total. The number of carbonyl (C=O) groups excluding carboxylic acids is 1. The molecule has 1 aromatic rings. The lowest BCUT2D eigenvalue weighted by Gasteiger charge is -1.88. The monoisotopic (exact) mass is 215 g/mol. The third-order valence-corrected chi connectivity index (χ3v) is 3.23. The van der Waals surface area contributed by atoms with Crippen molar-refractivity contribution in [2.24, 2.45) is 10.8 Å². The van der Waals surface area contributed by atoms with Crippen molar-refractivity contribution >= 4 is 35.3 Å². The van der Waals surface area contributed by atoms with Gasteiger partial charge in [-0.05, 0) is 12.3 Å². The Balaban J connectivity index is 2.53. The van der Waals surface area contributed by atoms with Gasteiger partial charge in [0.05, 0.1) is 10.4 Å². The van der Waals surface area contributed by atoms with Crippen molar-refractivity contribution in [2.75, 3.05) is 6.26 Å². The topological polar surface area (TPSA) is 67.5 Å². The second kappa shape index (κ2) is 4.88. The van der Waals surface area contributed by atoms with E-state index in [1.54, 1.807) is 29.3 Å². The van der Waals surface area contributed by atoms with E-state index >= 15 is 0 Å². The Morgan fingerprint density at radius 1 is 1.85 bits per heavy atom. The fourth-order valence-electron chi connectivity index (χ4n) is 0.675. The minimum atomic E-state index is -0.656. The summed E-state index contributed by atoms with van der Waals surface area (Å²) >= 11 is 3.31. The number of nitrogens with zero attached hydrogens (tertiary/aromatic N) is 1. The Morgan fingerprint density at radius 3 is 3.15 bits per heavy atom. The average molecular weight is 215 g/mol. The molecule has 0 saturated carbocycles. The van der Waals surface area contributed by atoms with Crippen LogP contribution < -0.4 is 11.2 Å². The van der Waals surface area contributed by atoms with Crippen molar-refractivity contribution < 1.29 is 4.79 Å². The first-order valence-electron chi connectivity index (χ1n) is 3.43. The van der Waals surface area contributed by atoms with Crippen molar-refractivity contribution in [3.8, 4) is 0 Å². The van der Waals surface area contributed by atoms with Gasteiger partial charge in [0.2, 0.25) is 0 Å². The number of rotatable bonds is 3. The van der Waals surface area contributed by atoms with Gasteiger partial charge < -0.3 is 5.73 Å². The number of carbonyl (C=O) groups is 1. The Labute approximate surface area is 84.2 Å². The van der Waals surface area contributed by atoms with Crippen LogP contribution in [0.5, 0.6) is 0 Å². The average Bonchev–Trinajstić information content (AvgIpc) is 2.52. The SMILES string of the molecule is CSc1cc(C=NNC(N)=O)cs1. The number of nitrogens with one attached hydrogen (secondary N) is 1. The number of hydrazone groups is 1. The normalized spacial score (nSPS) is 10.5. The van der Waals surface area contributed by atoms with E-state index in [1.165, 1.54) is 4.21 Å². The second-order valence-electron chi connectivity index (χ2n) is 2.14. The first-order chi connectivity index (χ1) is 6.22. The van der Waals surface area contributed by atoms with Crippen LogP contribution in [0.15, 0.2) is 20.8 Å². The molecule has 0 bridgehead atoms. The smallest absolute Gasteiger partial charge is 0.332 e. The van der Waals surface area contributed by atoms with Crippen molar-refractivity contribution in [3.05, 3.63) is 17.0 Å². The predicted octanol–water partition coefficient (Wildman–Crippen LogP) is 1.47. The Morgan fingerprint density at radius 2 is 2.62 bits per heavy atom. The van der Waals surface area contributed by atoms with Crippen molar-refractivity contribution in [3.63, 3.8) is 0 Å². The van der Waals surface area contributed by atoms with Gasteiger partial charge in [-0.1, -0.05) is 0 Å². The van der Waals surface area contributed by atoms with E-state index in [2.05, 4.69) is 10.5 Å². The Kier molecular flexibility index (Phi) is 3.78. The van der Waals surface area contributed by atoms with Gasteiger partial charge in [0.25, 0.3) is 0 Å². The lowest BCUT2D eigenvalue weighted by molar-refractivity contribution is 0.249. The minimum Gasteiger partial charge on any atom is -0.350 e. The van der Waals surface area contributed by atoms with E-state index in [1.807, 2.05) is 17.7 Å². The van der Waals surface area contributed by atoms with Crippen LogP contribution >= 0.6 is 23.1 Å². The second-order valence-corrected chi connectivity index (χ2v) is 4.16. The number of urea groups is 1. The zero-order valence-electron chi connectivity index (χ0n) is 6.98. The molecule has 0 spiro atoms. The largest absolute Gasteiger partial charge is 0.350 e. The van der Waals surface area contributed by atoms with Crippen LogP contribution in [0.3, 0.4) is 0 Å². The van der Waals surface area contributed by atoms with E-state index in [0.29, 0.717) is 0 Å². The maximum absolute atomic E-state index is 10.2. The number of thiophene rings is 1. The molecule has 1 aromatic heterocycles. The molecule has 2 amide bonds. The molecule has 0 aliphatic rings. The predicted molar refractivity (Wildman–Crippen MR) is 56.4 cm³/mol. The number of nitrogens with two attached hydrogens (primary N) is 1. The van der Waals surface area contributed by atoms with E-state index in [4.69, 9.17) is 5.73 Å². The Bertz CT molecular complexity index is 321. The summed E-state index contributed by atoms with van der Waals surface area (Å²) in [6, 6.07) is 1.33. The van der Waals surface area contributed by atoms with Crippen LogP contribution in [0.2, 0.25) is 0 Å². The summed E-state index contributed by atoms with van der Waals surface area (Å²) < 4.78 is 1.21. The van der Waals surface area contributed by atoms with E-state index in [-0.39, 0.29) is 0 Å². The molecule has 0 fully saturated rings. The fraction of sp³-hybridized carbons (Fsp3) is 0.143. The quantitative estimate of drug-likeness (QED) is 0.455. The molecule has 3 N–H and O–H groups in total. The van der Waals surface area contributed by atoms with Gasteiger partial charge in [-0.2, -0.15) is 5.10 Å². The molecule has 13 heavy (non-hydrogen) atoms. The number of hydrogen-bond acceptors (Lipinski definition) is 4. The van der Waals surface area contributed by atoms with E-state index in [0.717, 1.165) is 5.56 Å². The molecule has 6 heteroatoms. The van der Waals surface area contributed by atoms with Gasteiger partial charge >= 0.3 is 6.03 Å². The summed E-state index contributed by atoms with van der Waals surface area (Å²) in [4.78, 5) is 10.2. The van der Waals surface area contributed by atoms with Crippen molar-refractivity contribution in [2.45, 2.75) is 4.21 Å². The lowest BCUT2D eigenvalue weighted by atomic mass is 10.4. The number of hydrogen-bond donors (Lipinski definition) is 2. The highest BCUT2D eigenvalue weighted by atomic mass is 32.2. The van der Waals surface area contributed by atoms with Crippen LogP contribution in [0, 0.1) is 0 Å². The summed E-state index contributed by atoms with van der Waals surface area (Å²) in [5.74, 6) is 0. The maximum Gasteiger partial charge on any atom is 0.332 e. The molecule has 0 aliphatic carbocycles. The molecule has 0 saturated heterocycles. The molecule has 0 aliphatic heterocycles. The Hall–Kier alpha value is -1.01. The summed E-state index contributed by atoms with van der Waals surface area (Å²) in [6.45, 7) is 0. The molecule has 70 valence electrons. The summed E-state index contributed by atoms with van der Waals surface area (Å²) in [7, 11) is 0. The van der Waals surface area contributed by atoms with Gasteiger partial charge in [-0.25, -0.2) is 10.2 Å². The van der Waals surface area contributed by atoms with E-state index in [9.17, 15) is 4.79 Å². The van der Waals surface area contributed by atoms with Crippen LogP contribution in [0.4, 0.5) is 4.79 Å². The highest BCUT2D eigenvalue weighted by Crippen LogP contribution is 2.22. The summed E-state index contributed by atoms with van der Waals surface area (Å²) in [6.07, 6.45) is 3.56. The third kappa shape index (κ3) is 3.47. The summed E-state index contributed by atoms with van der Waals surface area (Å²) in [5.41, 5.74) is 7.91. The molecular weight excluding hydrogens is 206 g/mol. The van der Waals surface area contributed by atoms with Gasteiger partial charge in [0, 0.05) is 10.9 Å². The van der Waals surface area contributed by atoms with Gasteiger partial charge in [0.15, 0.2) is 0 Å². The molecule has 0 unspecified atom stereocenters. The van der Waals surface area contributed by atoms with Crippen LogP contribution in [-0.2, 0) is 0 Å².